The molecule has 0 aliphatic carbocycles. The van der Waals surface area contributed by atoms with Gasteiger partial charge in [-0.15, -0.1) is 0 Å². The average Bonchev–Trinajstić information content (AvgIpc) is 2.98. The van der Waals surface area contributed by atoms with Crippen LogP contribution in [0, 0.1) is 19.8 Å². The van der Waals surface area contributed by atoms with E-state index in [1.165, 1.54) is 0 Å². The minimum atomic E-state index is 0.0396. The van der Waals surface area contributed by atoms with E-state index in [0.29, 0.717) is 23.8 Å². The van der Waals surface area contributed by atoms with E-state index in [1.54, 1.807) is 0 Å². The van der Waals surface area contributed by atoms with Crippen molar-refractivity contribution < 1.29 is 9.21 Å². The Kier molecular flexibility index (Phi) is 4.26. The zero-order valence-corrected chi connectivity index (χ0v) is 14.2. The van der Waals surface area contributed by atoms with Crippen molar-refractivity contribution in [2.45, 2.75) is 26.9 Å². The number of carbonyl (C=O) groups is 1. The Morgan fingerprint density at radius 3 is 2.83 bits per heavy atom. The van der Waals surface area contributed by atoms with Gasteiger partial charge >= 0.3 is 0 Å². The molecule has 1 atom stereocenters. The topological polar surface area (TPSA) is 54.5 Å². The SMILES string of the molecule is Cc1cc(C(=O)N2Cc3ccnn3C[C@H](CN(C)C)C2)c(C)o1. The highest BCUT2D eigenvalue weighted by Gasteiger charge is 2.28. The molecule has 0 bridgehead atoms. The van der Waals surface area contributed by atoms with Crippen molar-refractivity contribution in [3.05, 3.63) is 41.1 Å². The summed E-state index contributed by atoms with van der Waals surface area (Å²) in [4.78, 5) is 17.1. The number of rotatable bonds is 3. The lowest BCUT2D eigenvalue weighted by atomic mass is 10.1. The van der Waals surface area contributed by atoms with E-state index in [4.69, 9.17) is 4.42 Å². The largest absolute Gasteiger partial charge is 0.466 e. The van der Waals surface area contributed by atoms with E-state index in [0.717, 1.165) is 31.1 Å². The molecule has 0 fully saturated rings. The molecule has 0 unspecified atom stereocenters. The van der Waals surface area contributed by atoms with Crippen molar-refractivity contribution in [1.82, 2.24) is 19.6 Å². The Morgan fingerprint density at radius 2 is 2.17 bits per heavy atom. The maximum atomic E-state index is 13.0. The maximum absolute atomic E-state index is 13.0. The van der Waals surface area contributed by atoms with Crippen LogP contribution < -0.4 is 0 Å². The van der Waals surface area contributed by atoms with Gasteiger partial charge < -0.3 is 14.2 Å². The van der Waals surface area contributed by atoms with Crippen LogP contribution >= 0.6 is 0 Å². The first-order chi connectivity index (χ1) is 10.9. The highest BCUT2D eigenvalue weighted by molar-refractivity contribution is 5.95. The molecule has 0 saturated carbocycles. The van der Waals surface area contributed by atoms with Crippen molar-refractivity contribution in [2.75, 3.05) is 27.2 Å². The summed E-state index contributed by atoms with van der Waals surface area (Å²) in [5.74, 6) is 1.85. The van der Waals surface area contributed by atoms with Crippen molar-refractivity contribution in [2.24, 2.45) is 5.92 Å². The summed E-state index contributed by atoms with van der Waals surface area (Å²) >= 11 is 0. The van der Waals surface area contributed by atoms with E-state index in [-0.39, 0.29) is 5.91 Å². The molecule has 1 aliphatic heterocycles. The molecule has 6 heteroatoms. The van der Waals surface area contributed by atoms with Crippen LogP contribution in [-0.2, 0) is 13.1 Å². The molecule has 3 heterocycles. The Hall–Kier alpha value is -2.08. The van der Waals surface area contributed by atoms with Gasteiger partial charge in [0.1, 0.15) is 11.5 Å². The fourth-order valence-electron chi connectivity index (χ4n) is 3.33. The second kappa shape index (κ2) is 6.20. The highest BCUT2D eigenvalue weighted by atomic mass is 16.3. The molecule has 1 amide bonds. The summed E-state index contributed by atoms with van der Waals surface area (Å²) in [6.07, 6.45) is 1.81. The molecule has 2 aromatic rings. The molecular weight excluding hydrogens is 292 g/mol. The van der Waals surface area contributed by atoms with Gasteiger partial charge in [-0.3, -0.25) is 9.48 Å². The first-order valence-electron chi connectivity index (χ1n) is 7.95. The van der Waals surface area contributed by atoms with Gasteiger partial charge in [0.05, 0.1) is 17.8 Å². The minimum absolute atomic E-state index is 0.0396. The Bertz CT molecular complexity index is 701. The van der Waals surface area contributed by atoms with Gasteiger partial charge in [0.2, 0.25) is 0 Å². The molecule has 0 saturated heterocycles. The number of carbonyl (C=O) groups excluding carboxylic acids is 1. The first kappa shape index (κ1) is 15.8. The molecule has 6 nitrogen and oxygen atoms in total. The number of nitrogens with zero attached hydrogens (tertiary/aromatic N) is 4. The Labute approximate surface area is 136 Å². The van der Waals surface area contributed by atoms with Gasteiger partial charge in [0.15, 0.2) is 0 Å². The molecule has 23 heavy (non-hydrogen) atoms. The number of aryl methyl sites for hydroxylation is 2. The van der Waals surface area contributed by atoms with Crippen LogP contribution in [0.3, 0.4) is 0 Å². The monoisotopic (exact) mass is 316 g/mol. The molecule has 0 aromatic carbocycles. The lowest BCUT2D eigenvalue weighted by molar-refractivity contribution is 0.0710. The third-order valence-electron chi connectivity index (χ3n) is 4.25. The van der Waals surface area contributed by atoms with Crippen molar-refractivity contribution in [3.63, 3.8) is 0 Å². The third-order valence-corrected chi connectivity index (χ3v) is 4.25. The summed E-state index contributed by atoms with van der Waals surface area (Å²) in [5, 5.41) is 4.40. The lowest BCUT2D eigenvalue weighted by Gasteiger charge is -2.25. The minimum Gasteiger partial charge on any atom is -0.466 e. The van der Waals surface area contributed by atoms with E-state index in [1.807, 2.05) is 41.8 Å². The zero-order valence-electron chi connectivity index (χ0n) is 14.2. The summed E-state index contributed by atoms with van der Waals surface area (Å²) in [5.41, 5.74) is 1.75. The summed E-state index contributed by atoms with van der Waals surface area (Å²) in [6, 6.07) is 3.83. The molecule has 0 N–H and O–H groups in total. The fourth-order valence-corrected chi connectivity index (χ4v) is 3.33. The molecule has 0 spiro atoms. The Morgan fingerprint density at radius 1 is 1.39 bits per heavy atom. The zero-order chi connectivity index (χ0) is 16.6. The standard InChI is InChI=1S/C17H24N4O2/c1-12-7-16(13(2)23-12)17(22)20-9-14(8-19(3)4)10-21-15(11-20)5-6-18-21/h5-7,14H,8-11H2,1-4H3/t14-/m1/s1. The van der Waals surface area contributed by atoms with Crippen molar-refractivity contribution >= 4 is 5.91 Å². The van der Waals surface area contributed by atoms with Crippen LogP contribution in [0.4, 0.5) is 0 Å². The van der Waals surface area contributed by atoms with E-state index in [9.17, 15) is 4.79 Å². The smallest absolute Gasteiger partial charge is 0.257 e. The van der Waals surface area contributed by atoms with Crippen LogP contribution in [0.25, 0.3) is 0 Å². The van der Waals surface area contributed by atoms with Crippen molar-refractivity contribution in [3.8, 4) is 0 Å². The summed E-state index contributed by atoms with van der Waals surface area (Å²) < 4.78 is 7.55. The molecule has 0 radical (unpaired) electrons. The number of aromatic nitrogens is 2. The van der Waals surface area contributed by atoms with Crippen LogP contribution in [0.15, 0.2) is 22.7 Å². The molecule has 1 aliphatic rings. The third kappa shape index (κ3) is 3.32. The summed E-state index contributed by atoms with van der Waals surface area (Å²) in [7, 11) is 4.12. The van der Waals surface area contributed by atoms with E-state index in [2.05, 4.69) is 24.1 Å². The van der Waals surface area contributed by atoms with E-state index >= 15 is 0 Å². The van der Waals surface area contributed by atoms with Gasteiger partial charge in [-0.1, -0.05) is 0 Å². The predicted octanol–water partition coefficient (Wildman–Crippen LogP) is 1.93. The highest BCUT2D eigenvalue weighted by Crippen LogP contribution is 2.21. The van der Waals surface area contributed by atoms with Gasteiger partial charge in [0.25, 0.3) is 5.91 Å². The normalized spacial score (nSPS) is 18.1. The average molecular weight is 316 g/mol. The second-order valence-corrected chi connectivity index (χ2v) is 6.65. The van der Waals surface area contributed by atoms with Crippen molar-refractivity contribution in [1.29, 1.82) is 0 Å². The van der Waals surface area contributed by atoms with Gasteiger partial charge in [-0.05, 0) is 40.1 Å². The molecular formula is C17H24N4O2. The maximum Gasteiger partial charge on any atom is 0.257 e. The number of furan rings is 1. The first-order valence-corrected chi connectivity index (χ1v) is 7.95. The van der Waals surface area contributed by atoms with Gasteiger partial charge in [-0.2, -0.15) is 5.10 Å². The lowest BCUT2D eigenvalue weighted by Crippen LogP contribution is -2.37. The number of fused-ring (bicyclic) bond motifs is 1. The second-order valence-electron chi connectivity index (χ2n) is 6.65. The van der Waals surface area contributed by atoms with Crippen LogP contribution in [0.5, 0.6) is 0 Å². The number of hydrogen-bond donors (Lipinski definition) is 0. The predicted molar refractivity (Wildman–Crippen MR) is 87.2 cm³/mol. The Balaban J connectivity index is 1.88. The number of hydrogen-bond acceptors (Lipinski definition) is 4. The molecule has 3 rings (SSSR count). The van der Waals surface area contributed by atoms with Crippen LogP contribution in [0.2, 0.25) is 0 Å². The van der Waals surface area contributed by atoms with Crippen LogP contribution in [0.1, 0.15) is 27.6 Å². The fraction of sp³-hybridized carbons (Fsp3) is 0.529. The number of amides is 1. The van der Waals surface area contributed by atoms with Gasteiger partial charge in [-0.25, -0.2) is 0 Å². The summed E-state index contributed by atoms with van der Waals surface area (Å²) in [6.45, 7) is 6.80. The molecule has 2 aromatic heterocycles. The van der Waals surface area contributed by atoms with Crippen LogP contribution in [-0.4, -0.2) is 52.7 Å². The van der Waals surface area contributed by atoms with E-state index < -0.39 is 0 Å². The molecule has 124 valence electrons. The quantitative estimate of drug-likeness (QED) is 0.868. The van der Waals surface area contributed by atoms with Gasteiger partial charge in [0, 0.05) is 31.7 Å².